The van der Waals surface area contributed by atoms with Gasteiger partial charge in [0.05, 0.1) is 18.1 Å². The fraction of sp³-hybridized carbons (Fsp3) is 0.118. The average Bonchev–Trinajstić information content (AvgIpc) is 2.54. The summed E-state index contributed by atoms with van der Waals surface area (Å²) >= 11 is 6.00. The highest BCUT2D eigenvalue weighted by Gasteiger charge is 2.12. The van der Waals surface area contributed by atoms with E-state index in [0.717, 1.165) is 11.1 Å². The molecular formula is C17H13ClN2O2. The Bertz CT molecular complexity index is 849. The number of fused-ring (bicyclic) bond motifs is 1. The predicted octanol–water partition coefficient (Wildman–Crippen LogP) is 3.72. The Kier molecular flexibility index (Phi) is 4.02. The van der Waals surface area contributed by atoms with Crippen molar-refractivity contribution in [2.75, 3.05) is 7.11 Å². The summed E-state index contributed by atoms with van der Waals surface area (Å²) in [5, 5.41) is 0.577. The number of hydrogen-bond acceptors (Lipinski definition) is 4. The number of ketones is 1. The standard InChI is InChI=1S/C17H13ClN2O2/c1-22-17-5-3-13(18)8-12(17)10-16(21)11-2-4-14-15(9-11)20-7-6-19-14/h2-9H,10H2,1H3. The van der Waals surface area contributed by atoms with Gasteiger partial charge in [-0.05, 0) is 36.4 Å². The minimum absolute atomic E-state index is 0.0203. The highest BCUT2D eigenvalue weighted by atomic mass is 35.5. The van der Waals surface area contributed by atoms with Gasteiger partial charge in [-0.1, -0.05) is 11.6 Å². The Morgan fingerprint density at radius 1 is 1.09 bits per heavy atom. The number of carbonyl (C=O) groups is 1. The number of nitrogens with zero attached hydrogens (tertiary/aromatic N) is 2. The van der Waals surface area contributed by atoms with Crippen LogP contribution in [0.25, 0.3) is 11.0 Å². The number of methoxy groups -OCH3 is 1. The lowest BCUT2D eigenvalue weighted by Gasteiger charge is -2.08. The van der Waals surface area contributed by atoms with E-state index in [0.29, 0.717) is 21.9 Å². The lowest BCUT2D eigenvalue weighted by atomic mass is 10.0. The van der Waals surface area contributed by atoms with E-state index in [2.05, 4.69) is 9.97 Å². The molecule has 1 aromatic heterocycles. The molecule has 0 radical (unpaired) electrons. The molecular weight excluding hydrogens is 300 g/mol. The van der Waals surface area contributed by atoms with E-state index in [1.807, 2.05) is 0 Å². The van der Waals surface area contributed by atoms with Crippen LogP contribution >= 0.6 is 11.6 Å². The second kappa shape index (κ2) is 6.12. The summed E-state index contributed by atoms with van der Waals surface area (Å²) < 4.78 is 5.27. The van der Waals surface area contributed by atoms with Crippen molar-refractivity contribution in [2.45, 2.75) is 6.42 Å². The van der Waals surface area contributed by atoms with Crippen molar-refractivity contribution in [3.63, 3.8) is 0 Å². The summed E-state index contributed by atoms with van der Waals surface area (Å²) in [5.74, 6) is 0.631. The normalized spacial score (nSPS) is 10.6. The molecule has 0 bridgehead atoms. The number of aromatic nitrogens is 2. The fourth-order valence-corrected chi connectivity index (χ4v) is 2.49. The first kappa shape index (κ1) is 14.5. The van der Waals surface area contributed by atoms with Gasteiger partial charge in [0.15, 0.2) is 5.78 Å². The lowest BCUT2D eigenvalue weighted by Crippen LogP contribution is -2.05. The number of rotatable bonds is 4. The smallest absolute Gasteiger partial charge is 0.167 e. The number of ether oxygens (including phenoxy) is 1. The molecule has 4 nitrogen and oxygen atoms in total. The van der Waals surface area contributed by atoms with Crippen molar-refractivity contribution >= 4 is 28.4 Å². The maximum Gasteiger partial charge on any atom is 0.167 e. The Balaban J connectivity index is 1.91. The summed E-state index contributed by atoms with van der Waals surface area (Å²) in [6, 6.07) is 10.6. The van der Waals surface area contributed by atoms with Crippen LogP contribution in [0.2, 0.25) is 5.02 Å². The van der Waals surface area contributed by atoms with Gasteiger partial charge in [0.1, 0.15) is 5.75 Å². The molecule has 110 valence electrons. The van der Waals surface area contributed by atoms with E-state index >= 15 is 0 Å². The Morgan fingerprint density at radius 2 is 1.86 bits per heavy atom. The molecule has 0 amide bonds. The van der Waals surface area contributed by atoms with Gasteiger partial charge in [-0.3, -0.25) is 14.8 Å². The molecule has 22 heavy (non-hydrogen) atoms. The topological polar surface area (TPSA) is 52.1 Å². The van der Waals surface area contributed by atoms with Gasteiger partial charge in [0.25, 0.3) is 0 Å². The summed E-state index contributed by atoms with van der Waals surface area (Å²) in [6.07, 6.45) is 3.45. The fourth-order valence-electron chi connectivity index (χ4n) is 2.30. The van der Waals surface area contributed by atoms with Gasteiger partial charge in [-0.15, -0.1) is 0 Å². The number of benzene rings is 2. The van der Waals surface area contributed by atoms with Crippen LogP contribution in [0.3, 0.4) is 0 Å². The minimum atomic E-state index is -0.0203. The maximum absolute atomic E-state index is 12.5. The van der Waals surface area contributed by atoms with Crippen LogP contribution in [0.4, 0.5) is 0 Å². The maximum atomic E-state index is 12.5. The Labute approximate surface area is 132 Å². The molecule has 1 heterocycles. The lowest BCUT2D eigenvalue weighted by molar-refractivity contribution is 0.0992. The van der Waals surface area contributed by atoms with E-state index < -0.39 is 0 Å². The zero-order valence-corrected chi connectivity index (χ0v) is 12.7. The van der Waals surface area contributed by atoms with E-state index in [9.17, 15) is 4.79 Å². The number of halogens is 1. The predicted molar refractivity (Wildman–Crippen MR) is 85.6 cm³/mol. The van der Waals surface area contributed by atoms with Crippen LogP contribution in [-0.4, -0.2) is 22.9 Å². The van der Waals surface area contributed by atoms with Crippen LogP contribution in [0.1, 0.15) is 15.9 Å². The second-order valence-corrected chi connectivity index (χ2v) is 5.25. The zero-order chi connectivity index (χ0) is 15.5. The first-order valence-electron chi connectivity index (χ1n) is 6.74. The first-order chi connectivity index (χ1) is 10.7. The van der Waals surface area contributed by atoms with Crippen LogP contribution in [0, 0.1) is 0 Å². The minimum Gasteiger partial charge on any atom is -0.496 e. The van der Waals surface area contributed by atoms with E-state index in [4.69, 9.17) is 16.3 Å². The van der Waals surface area contributed by atoms with Crippen LogP contribution < -0.4 is 4.74 Å². The molecule has 0 fully saturated rings. The highest BCUT2D eigenvalue weighted by molar-refractivity contribution is 6.30. The van der Waals surface area contributed by atoms with E-state index in [-0.39, 0.29) is 12.2 Å². The number of hydrogen-bond donors (Lipinski definition) is 0. The van der Waals surface area contributed by atoms with Gasteiger partial charge in [0, 0.05) is 35.0 Å². The molecule has 0 spiro atoms. The van der Waals surface area contributed by atoms with E-state index in [1.165, 1.54) is 0 Å². The van der Waals surface area contributed by atoms with Crippen molar-refractivity contribution in [3.05, 3.63) is 64.9 Å². The first-order valence-corrected chi connectivity index (χ1v) is 7.11. The number of Topliss-reactive ketones (excluding diaryl/α,β-unsaturated/α-hetero) is 1. The van der Waals surface area contributed by atoms with Gasteiger partial charge in [-0.25, -0.2) is 0 Å². The van der Waals surface area contributed by atoms with Gasteiger partial charge < -0.3 is 4.74 Å². The van der Waals surface area contributed by atoms with Crippen molar-refractivity contribution < 1.29 is 9.53 Å². The van der Waals surface area contributed by atoms with Crippen LogP contribution in [-0.2, 0) is 6.42 Å². The molecule has 0 aliphatic heterocycles. The molecule has 0 unspecified atom stereocenters. The largest absolute Gasteiger partial charge is 0.496 e. The van der Waals surface area contributed by atoms with Crippen LogP contribution in [0.5, 0.6) is 5.75 Å². The summed E-state index contributed by atoms with van der Waals surface area (Å²) in [6.45, 7) is 0. The summed E-state index contributed by atoms with van der Waals surface area (Å²) in [5.41, 5.74) is 2.82. The summed E-state index contributed by atoms with van der Waals surface area (Å²) in [4.78, 5) is 20.9. The van der Waals surface area contributed by atoms with Crippen LogP contribution in [0.15, 0.2) is 48.8 Å². The molecule has 0 N–H and O–H groups in total. The quantitative estimate of drug-likeness (QED) is 0.689. The Hall–Kier alpha value is -2.46. The van der Waals surface area contributed by atoms with Crippen molar-refractivity contribution in [2.24, 2.45) is 0 Å². The third kappa shape index (κ3) is 2.92. The molecule has 3 aromatic rings. The molecule has 0 atom stereocenters. The Morgan fingerprint density at radius 3 is 2.64 bits per heavy atom. The van der Waals surface area contributed by atoms with Gasteiger partial charge >= 0.3 is 0 Å². The number of carbonyl (C=O) groups excluding carboxylic acids is 1. The van der Waals surface area contributed by atoms with Gasteiger partial charge in [0.2, 0.25) is 0 Å². The molecule has 0 aliphatic carbocycles. The van der Waals surface area contributed by atoms with Crippen molar-refractivity contribution in [1.29, 1.82) is 0 Å². The van der Waals surface area contributed by atoms with Gasteiger partial charge in [-0.2, -0.15) is 0 Å². The SMILES string of the molecule is COc1ccc(Cl)cc1CC(=O)c1ccc2nccnc2c1. The molecule has 0 aliphatic rings. The molecule has 0 saturated heterocycles. The second-order valence-electron chi connectivity index (χ2n) is 4.82. The highest BCUT2D eigenvalue weighted by Crippen LogP contribution is 2.24. The monoisotopic (exact) mass is 312 g/mol. The third-order valence-electron chi connectivity index (χ3n) is 3.38. The van der Waals surface area contributed by atoms with E-state index in [1.54, 1.807) is 55.9 Å². The zero-order valence-electron chi connectivity index (χ0n) is 11.9. The summed E-state index contributed by atoms with van der Waals surface area (Å²) in [7, 11) is 1.57. The molecule has 3 rings (SSSR count). The average molecular weight is 313 g/mol. The third-order valence-corrected chi connectivity index (χ3v) is 3.62. The molecule has 5 heteroatoms. The van der Waals surface area contributed by atoms with Crippen molar-refractivity contribution in [3.8, 4) is 5.75 Å². The molecule has 0 saturated carbocycles. The van der Waals surface area contributed by atoms with Crippen molar-refractivity contribution in [1.82, 2.24) is 9.97 Å². The molecule has 2 aromatic carbocycles.